The van der Waals surface area contributed by atoms with Crippen molar-refractivity contribution in [3.8, 4) is 5.75 Å². The number of benzene rings is 2. The van der Waals surface area contributed by atoms with E-state index >= 15 is 0 Å². The predicted octanol–water partition coefficient (Wildman–Crippen LogP) is 5.54. The number of nitrogens with zero attached hydrogens (tertiary/aromatic N) is 3. The van der Waals surface area contributed by atoms with Crippen molar-refractivity contribution < 1.29 is 14.3 Å². The molecule has 1 aromatic heterocycles. The molecule has 0 aliphatic heterocycles. The number of hydrogen-bond acceptors (Lipinski definition) is 6. The molecule has 0 radical (unpaired) electrons. The van der Waals surface area contributed by atoms with Crippen molar-refractivity contribution in [3.63, 3.8) is 0 Å². The van der Waals surface area contributed by atoms with Gasteiger partial charge in [-0.1, -0.05) is 65.0 Å². The van der Waals surface area contributed by atoms with E-state index in [1.165, 1.54) is 5.56 Å². The Bertz CT molecular complexity index is 1210. The predicted molar refractivity (Wildman–Crippen MR) is 136 cm³/mol. The summed E-state index contributed by atoms with van der Waals surface area (Å²) in [5, 5.41) is 13.5. The maximum Gasteiger partial charge on any atom is 0.245 e. The highest BCUT2D eigenvalue weighted by atomic mass is 16.5. The summed E-state index contributed by atoms with van der Waals surface area (Å²) in [6.45, 7) is 15.8. The Morgan fingerprint density at radius 3 is 2.06 bits per heavy atom. The topological polar surface area (TPSA) is 97.8 Å². The van der Waals surface area contributed by atoms with Crippen LogP contribution in [0.5, 0.6) is 5.75 Å². The Hall–Kier alpha value is -3.35. The molecular formula is C28H36N4O3. The van der Waals surface area contributed by atoms with Crippen LogP contribution in [-0.4, -0.2) is 38.3 Å². The van der Waals surface area contributed by atoms with Gasteiger partial charge < -0.3 is 4.74 Å². The van der Waals surface area contributed by atoms with Gasteiger partial charge in [0.2, 0.25) is 11.6 Å². The number of carbonyl (C=O) groups excluding carboxylic acids is 2. The van der Waals surface area contributed by atoms with E-state index in [4.69, 9.17) is 4.74 Å². The minimum absolute atomic E-state index is 0.0588. The molecule has 0 amide bonds. The third-order valence-electron chi connectivity index (χ3n) is 6.92. The van der Waals surface area contributed by atoms with Crippen LogP contribution in [0.25, 0.3) is 0 Å². The second-order valence-corrected chi connectivity index (χ2v) is 10.2. The molecule has 0 bridgehead atoms. The lowest BCUT2D eigenvalue weighted by atomic mass is 9.69. The number of rotatable bonds is 9. The fourth-order valence-electron chi connectivity index (χ4n) is 4.76. The van der Waals surface area contributed by atoms with Crippen LogP contribution in [0.2, 0.25) is 0 Å². The molecular weight excluding hydrogens is 440 g/mol. The Kier molecular flexibility index (Phi) is 7.58. The van der Waals surface area contributed by atoms with Gasteiger partial charge in [0.15, 0.2) is 11.9 Å². The first kappa shape index (κ1) is 26.3. The molecule has 0 aliphatic carbocycles. The van der Waals surface area contributed by atoms with E-state index < -0.39 is 11.5 Å². The molecule has 0 saturated carbocycles. The van der Waals surface area contributed by atoms with Crippen LogP contribution in [0.1, 0.15) is 92.8 Å². The number of Topliss-reactive ketones (excluding diaryl/α,β-unsaturated/α-hetero) is 1. The molecule has 0 aliphatic rings. The molecule has 0 saturated heterocycles. The van der Waals surface area contributed by atoms with Gasteiger partial charge in [0.25, 0.3) is 0 Å². The number of ketones is 2. The van der Waals surface area contributed by atoms with E-state index in [1.807, 2.05) is 59.7 Å². The van der Waals surface area contributed by atoms with E-state index in [0.717, 1.165) is 35.3 Å². The van der Waals surface area contributed by atoms with Gasteiger partial charge in [-0.3, -0.25) is 9.59 Å². The van der Waals surface area contributed by atoms with Crippen LogP contribution in [-0.2, 0) is 10.2 Å². The summed E-state index contributed by atoms with van der Waals surface area (Å²) in [5.41, 5.74) is 4.07. The molecule has 0 fully saturated rings. The molecule has 2 aromatic carbocycles. The highest BCUT2D eigenvalue weighted by molar-refractivity contribution is 6.07. The quantitative estimate of drug-likeness (QED) is 0.407. The Morgan fingerprint density at radius 2 is 1.57 bits per heavy atom. The molecule has 1 atom stereocenters. The zero-order valence-corrected chi connectivity index (χ0v) is 22.0. The summed E-state index contributed by atoms with van der Waals surface area (Å²) in [5.74, 6) is 0.599. The normalized spacial score (nSPS) is 12.9. The number of aromatic amines is 1. The van der Waals surface area contributed by atoms with Crippen molar-refractivity contribution in [2.24, 2.45) is 5.41 Å². The van der Waals surface area contributed by atoms with Crippen molar-refractivity contribution >= 4 is 11.6 Å². The van der Waals surface area contributed by atoms with Gasteiger partial charge in [-0.25, -0.2) is 0 Å². The maximum atomic E-state index is 12.8. The molecule has 7 heteroatoms. The molecule has 0 spiro atoms. The summed E-state index contributed by atoms with van der Waals surface area (Å²) in [4.78, 5) is 25.4. The number of carbonyl (C=O) groups is 2. The van der Waals surface area contributed by atoms with Crippen molar-refractivity contribution in [1.82, 2.24) is 20.6 Å². The third kappa shape index (κ3) is 5.19. The molecule has 186 valence electrons. The Labute approximate surface area is 207 Å². The lowest BCUT2D eigenvalue weighted by Gasteiger charge is -2.34. The van der Waals surface area contributed by atoms with Crippen LogP contribution in [0.4, 0.5) is 0 Å². The fraction of sp³-hybridized carbons (Fsp3) is 0.464. The van der Waals surface area contributed by atoms with Gasteiger partial charge in [0.1, 0.15) is 5.75 Å². The molecule has 3 rings (SSSR count). The average Bonchev–Trinajstić information content (AvgIpc) is 3.35. The Morgan fingerprint density at radius 1 is 0.971 bits per heavy atom. The Balaban J connectivity index is 1.95. The van der Waals surface area contributed by atoms with E-state index in [9.17, 15) is 9.59 Å². The van der Waals surface area contributed by atoms with Crippen molar-refractivity contribution in [3.05, 3.63) is 70.0 Å². The van der Waals surface area contributed by atoms with Gasteiger partial charge in [-0.05, 0) is 67.1 Å². The van der Waals surface area contributed by atoms with E-state index in [0.29, 0.717) is 5.56 Å². The van der Waals surface area contributed by atoms with Crippen molar-refractivity contribution in [1.29, 1.82) is 0 Å². The smallest absolute Gasteiger partial charge is 0.245 e. The van der Waals surface area contributed by atoms with Crippen LogP contribution in [0.15, 0.2) is 36.4 Å². The summed E-state index contributed by atoms with van der Waals surface area (Å²) >= 11 is 0. The van der Waals surface area contributed by atoms with E-state index in [-0.39, 0.29) is 22.8 Å². The van der Waals surface area contributed by atoms with Gasteiger partial charge >= 0.3 is 0 Å². The molecule has 7 nitrogen and oxygen atoms in total. The highest BCUT2D eigenvalue weighted by Crippen LogP contribution is 2.41. The number of ether oxygens (including phenoxy) is 1. The number of H-pyrrole nitrogens is 1. The average molecular weight is 477 g/mol. The SMILES string of the molecule is CCC(CC)(c1ccc(OC(C)C(=O)C(C)(C)C)c(C)c1)c1ccc(C(=O)c2nn[nH]n2)c(C)c1. The fourth-order valence-corrected chi connectivity index (χ4v) is 4.76. The molecule has 1 unspecified atom stereocenters. The van der Waals surface area contributed by atoms with Crippen LogP contribution in [0.3, 0.4) is 0 Å². The van der Waals surface area contributed by atoms with Crippen LogP contribution >= 0.6 is 0 Å². The summed E-state index contributed by atoms with van der Waals surface area (Å²) in [6, 6.07) is 12.2. The summed E-state index contributed by atoms with van der Waals surface area (Å²) in [7, 11) is 0. The highest BCUT2D eigenvalue weighted by Gasteiger charge is 2.33. The maximum absolute atomic E-state index is 12.8. The van der Waals surface area contributed by atoms with E-state index in [1.54, 1.807) is 0 Å². The standard InChI is InChI=1S/C28H36N4O3/c1-9-28(10-2,20-11-13-22(17(3)15-20)24(33)26-29-31-32-30-26)21-12-14-23(18(4)16-21)35-19(5)25(34)27(6,7)8/h11-16,19H,9-10H2,1-8H3,(H,29,30,31,32). The summed E-state index contributed by atoms with van der Waals surface area (Å²) in [6.07, 6.45) is 1.26. The van der Waals surface area contributed by atoms with Gasteiger partial charge in [0, 0.05) is 16.4 Å². The zero-order valence-electron chi connectivity index (χ0n) is 22.0. The largest absolute Gasteiger partial charge is 0.483 e. The zero-order chi connectivity index (χ0) is 26.0. The number of nitrogens with one attached hydrogen (secondary N) is 1. The molecule has 35 heavy (non-hydrogen) atoms. The molecule has 3 aromatic rings. The lowest BCUT2D eigenvalue weighted by Crippen LogP contribution is -2.34. The van der Waals surface area contributed by atoms with E-state index in [2.05, 4.69) is 52.7 Å². The minimum atomic E-state index is -0.520. The van der Waals surface area contributed by atoms with Crippen LogP contribution < -0.4 is 4.74 Å². The second-order valence-electron chi connectivity index (χ2n) is 10.2. The second kappa shape index (κ2) is 10.1. The van der Waals surface area contributed by atoms with Crippen molar-refractivity contribution in [2.45, 2.75) is 79.8 Å². The summed E-state index contributed by atoms with van der Waals surface area (Å²) < 4.78 is 6.06. The van der Waals surface area contributed by atoms with Gasteiger partial charge in [0.05, 0.1) is 0 Å². The number of aryl methyl sites for hydroxylation is 2. The lowest BCUT2D eigenvalue weighted by molar-refractivity contribution is -0.132. The monoisotopic (exact) mass is 476 g/mol. The number of hydrogen-bond donors (Lipinski definition) is 1. The number of tetrazole rings is 1. The molecule has 1 N–H and O–H groups in total. The third-order valence-corrected chi connectivity index (χ3v) is 6.92. The van der Waals surface area contributed by atoms with Crippen LogP contribution in [0, 0.1) is 19.3 Å². The molecule has 1 heterocycles. The van der Waals surface area contributed by atoms with Gasteiger partial charge in [-0.2, -0.15) is 5.21 Å². The van der Waals surface area contributed by atoms with Gasteiger partial charge in [-0.15, -0.1) is 10.2 Å². The minimum Gasteiger partial charge on any atom is -0.483 e. The first-order chi connectivity index (χ1) is 16.4. The van der Waals surface area contributed by atoms with Crippen molar-refractivity contribution in [2.75, 3.05) is 0 Å². The first-order valence-corrected chi connectivity index (χ1v) is 12.2. The first-order valence-electron chi connectivity index (χ1n) is 12.2. The number of aromatic nitrogens is 4.